The minimum atomic E-state index is -0.375. The normalized spacial score (nSPS) is 11.2. The standard InChI is InChI=1S/C30H28ClNO5/c1-34-28-10-6-9-26(29(28)35-2)32-18-21(17-20-11-13-22(14-12-20)30(33)36-3)19-37-27-16-15-25(31)23-7-4-5-8-24(23)27/h4-17,32H,18-19H2,1-3H3. The molecule has 0 saturated heterocycles. The number of ether oxygens (including phenoxy) is 4. The van der Waals surface area contributed by atoms with Crippen LogP contribution in [0, 0.1) is 0 Å². The highest BCUT2D eigenvalue weighted by Crippen LogP contribution is 2.35. The number of hydrogen-bond donors (Lipinski definition) is 1. The Kier molecular flexibility index (Phi) is 8.54. The van der Waals surface area contributed by atoms with Crippen LogP contribution < -0.4 is 19.5 Å². The lowest BCUT2D eigenvalue weighted by Gasteiger charge is -2.17. The summed E-state index contributed by atoms with van der Waals surface area (Å²) in [6.07, 6.45) is 2.03. The molecule has 7 heteroatoms. The second-order valence-electron chi connectivity index (χ2n) is 8.19. The predicted octanol–water partition coefficient (Wildman–Crippen LogP) is 6.87. The molecule has 37 heavy (non-hydrogen) atoms. The molecule has 1 N–H and O–H groups in total. The van der Waals surface area contributed by atoms with E-state index in [9.17, 15) is 4.79 Å². The van der Waals surface area contributed by atoms with Gasteiger partial charge >= 0.3 is 5.97 Å². The van der Waals surface area contributed by atoms with Gasteiger partial charge in [-0.2, -0.15) is 0 Å². The van der Waals surface area contributed by atoms with Crippen molar-refractivity contribution in [3.8, 4) is 17.2 Å². The number of para-hydroxylation sites is 1. The second-order valence-corrected chi connectivity index (χ2v) is 8.60. The molecule has 4 aromatic rings. The summed E-state index contributed by atoms with van der Waals surface area (Å²) in [6.45, 7) is 0.803. The van der Waals surface area contributed by atoms with Gasteiger partial charge in [-0.15, -0.1) is 0 Å². The van der Waals surface area contributed by atoms with Gasteiger partial charge in [0.1, 0.15) is 12.4 Å². The number of anilines is 1. The number of fused-ring (bicyclic) bond motifs is 1. The molecule has 4 rings (SSSR count). The lowest BCUT2D eigenvalue weighted by atomic mass is 10.1. The first-order chi connectivity index (χ1) is 18.0. The van der Waals surface area contributed by atoms with Crippen LogP contribution in [-0.4, -0.2) is 40.5 Å². The maximum atomic E-state index is 11.8. The van der Waals surface area contributed by atoms with Gasteiger partial charge in [0.15, 0.2) is 11.5 Å². The molecule has 190 valence electrons. The Morgan fingerprint density at radius 2 is 1.59 bits per heavy atom. The van der Waals surface area contributed by atoms with Crippen molar-refractivity contribution >= 4 is 40.1 Å². The number of esters is 1. The maximum Gasteiger partial charge on any atom is 0.337 e. The minimum Gasteiger partial charge on any atom is -0.493 e. The smallest absolute Gasteiger partial charge is 0.337 e. The first kappa shape index (κ1) is 25.9. The molecule has 0 fully saturated rings. The lowest BCUT2D eigenvalue weighted by molar-refractivity contribution is 0.0600. The zero-order valence-corrected chi connectivity index (χ0v) is 21.7. The number of hydrogen-bond acceptors (Lipinski definition) is 6. The number of nitrogens with one attached hydrogen (secondary N) is 1. The fraction of sp³-hybridized carbons (Fsp3) is 0.167. The van der Waals surface area contributed by atoms with E-state index >= 15 is 0 Å². The number of rotatable bonds is 10. The molecule has 6 nitrogen and oxygen atoms in total. The van der Waals surface area contributed by atoms with Crippen molar-refractivity contribution in [2.75, 3.05) is 39.8 Å². The van der Waals surface area contributed by atoms with Gasteiger partial charge in [-0.1, -0.05) is 60.1 Å². The summed E-state index contributed by atoms with van der Waals surface area (Å²) in [4.78, 5) is 11.8. The summed E-state index contributed by atoms with van der Waals surface area (Å²) in [7, 11) is 4.58. The molecule has 0 aliphatic rings. The Balaban J connectivity index is 1.61. The average Bonchev–Trinajstić information content (AvgIpc) is 2.95. The first-order valence-corrected chi connectivity index (χ1v) is 12.0. The highest BCUT2D eigenvalue weighted by Gasteiger charge is 2.12. The third kappa shape index (κ3) is 6.16. The van der Waals surface area contributed by atoms with E-state index in [2.05, 4.69) is 5.32 Å². The Bertz CT molecular complexity index is 1420. The molecule has 0 bridgehead atoms. The minimum absolute atomic E-state index is 0.323. The third-order valence-electron chi connectivity index (χ3n) is 5.86. The molecular weight excluding hydrogens is 490 g/mol. The summed E-state index contributed by atoms with van der Waals surface area (Å²) in [6, 6.07) is 24.5. The van der Waals surface area contributed by atoms with E-state index in [-0.39, 0.29) is 5.97 Å². The fourth-order valence-corrected chi connectivity index (χ4v) is 4.21. The van der Waals surface area contributed by atoms with Gasteiger partial charge in [0.25, 0.3) is 0 Å². The topological polar surface area (TPSA) is 66.0 Å². The molecule has 4 aromatic carbocycles. The van der Waals surface area contributed by atoms with Crippen molar-refractivity contribution in [1.29, 1.82) is 0 Å². The number of benzene rings is 4. The lowest BCUT2D eigenvalue weighted by Crippen LogP contribution is -2.12. The second kappa shape index (κ2) is 12.2. The monoisotopic (exact) mass is 517 g/mol. The number of halogens is 1. The molecule has 0 unspecified atom stereocenters. The van der Waals surface area contributed by atoms with Crippen LogP contribution in [0.15, 0.2) is 84.4 Å². The van der Waals surface area contributed by atoms with Crippen LogP contribution in [0.3, 0.4) is 0 Å². The quantitative estimate of drug-likeness (QED) is 0.231. The Morgan fingerprint density at radius 3 is 2.30 bits per heavy atom. The maximum absolute atomic E-state index is 11.8. The van der Waals surface area contributed by atoms with E-state index in [1.807, 2.05) is 72.8 Å². The zero-order valence-electron chi connectivity index (χ0n) is 20.9. The van der Waals surface area contributed by atoms with E-state index in [0.717, 1.165) is 33.3 Å². The van der Waals surface area contributed by atoms with Gasteiger partial charge in [-0.25, -0.2) is 4.79 Å². The van der Waals surface area contributed by atoms with Crippen LogP contribution in [-0.2, 0) is 4.74 Å². The van der Waals surface area contributed by atoms with E-state index in [4.69, 9.17) is 30.5 Å². The van der Waals surface area contributed by atoms with Crippen LogP contribution in [0.2, 0.25) is 5.02 Å². The molecule has 0 aliphatic carbocycles. The average molecular weight is 518 g/mol. The molecule has 0 spiro atoms. The predicted molar refractivity (Wildman–Crippen MR) is 148 cm³/mol. The molecule has 0 aliphatic heterocycles. The zero-order chi connectivity index (χ0) is 26.2. The van der Waals surface area contributed by atoms with Crippen molar-refractivity contribution in [1.82, 2.24) is 0 Å². The van der Waals surface area contributed by atoms with Gasteiger partial charge in [0, 0.05) is 22.3 Å². The van der Waals surface area contributed by atoms with Crippen molar-refractivity contribution < 1.29 is 23.7 Å². The summed E-state index contributed by atoms with van der Waals surface area (Å²) in [5.41, 5.74) is 3.18. The van der Waals surface area contributed by atoms with E-state index < -0.39 is 0 Å². The third-order valence-corrected chi connectivity index (χ3v) is 6.18. The highest BCUT2D eigenvalue weighted by atomic mass is 35.5. The summed E-state index contributed by atoms with van der Waals surface area (Å²) in [5.74, 6) is 1.63. The van der Waals surface area contributed by atoms with Gasteiger partial charge in [-0.3, -0.25) is 0 Å². The van der Waals surface area contributed by atoms with E-state index in [1.54, 1.807) is 26.4 Å². The van der Waals surface area contributed by atoms with Crippen LogP contribution in [0.4, 0.5) is 5.69 Å². The first-order valence-electron chi connectivity index (χ1n) is 11.7. The van der Waals surface area contributed by atoms with Gasteiger partial charge < -0.3 is 24.3 Å². The van der Waals surface area contributed by atoms with E-state index in [0.29, 0.717) is 35.2 Å². The molecule has 0 saturated carbocycles. The molecule has 0 radical (unpaired) electrons. The van der Waals surface area contributed by atoms with Crippen molar-refractivity contribution in [3.05, 3.63) is 101 Å². The highest BCUT2D eigenvalue weighted by molar-refractivity contribution is 6.35. The SMILES string of the molecule is COC(=O)c1ccc(C=C(CNc2cccc(OC)c2OC)COc2ccc(Cl)c3ccccc23)cc1. The number of carbonyl (C=O) groups excluding carboxylic acids is 1. The van der Waals surface area contributed by atoms with Crippen molar-refractivity contribution in [2.24, 2.45) is 0 Å². The Hall–Kier alpha value is -4.16. The molecule has 0 amide bonds. The van der Waals surface area contributed by atoms with Crippen LogP contribution >= 0.6 is 11.6 Å². The van der Waals surface area contributed by atoms with Gasteiger partial charge in [0.2, 0.25) is 0 Å². The Labute approximate surface area is 221 Å². The largest absolute Gasteiger partial charge is 0.493 e. The molecule has 0 aromatic heterocycles. The molecule has 0 atom stereocenters. The van der Waals surface area contributed by atoms with Gasteiger partial charge in [0.05, 0.1) is 32.6 Å². The summed E-state index contributed by atoms with van der Waals surface area (Å²) in [5, 5.41) is 5.99. The van der Waals surface area contributed by atoms with Crippen LogP contribution in [0.25, 0.3) is 16.8 Å². The van der Waals surface area contributed by atoms with E-state index in [1.165, 1.54) is 7.11 Å². The fourth-order valence-electron chi connectivity index (χ4n) is 3.98. The molecule has 0 heterocycles. The van der Waals surface area contributed by atoms with Crippen molar-refractivity contribution in [3.63, 3.8) is 0 Å². The number of methoxy groups -OCH3 is 3. The summed E-state index contributed by atoms with van der Waals surface area (Å²) < 4.78 is 22.1. The summed E-state index contributed by atoms with van der Waals surface area (Å²) >= 11 is 6.38. The molecular formula is C30H28ClNO5. The Morgan fingerprint density at radius 1 is 0.838 bits per heavy atom. The van der Waals surface area contributed by atoms with Crippen LogP contribution in [0.5, 0.6) is 17.2 Å². The van der Waals surface area contributed by atoms with Crippen LogP contribution in [0.1, 0.15) is 15.9 Å². The van der Waals surface area contributed by atoms with Crippen molar-refractivity contribution in [2.45, 2.75) is 0 Å². The number of carbonyl (C=O) groups is 1. The van der Waals surface area contributed by atoms with Gasteiger partial charge in [-0.05, 0) is 47.5 Å².